The van der Waals surface area contributed by atoms with Gasteiger partial charge in [-0.1, -0.05) is 12.1 Å². The molecule has 0 amide bonds. The van der Waals surface area contributed by atoms with Crippen molar-refractivity contribution < 1.29 is 18.7 Å². The lowest BCUT2D eigenvalue weighted by Crippen LogP contribution is -2.14. The van der Waals surface area contributed by atoms with E-state index in [2.05, 4.69) is 10.2 Å². The number of nitrogens with one attached hydrogen (secondary N) is 1. The van der Waals surface area contributed by atoms with Crippen molar-refractivity contribution >= 4 is 22.7 Å². The van der Waals surface area contributed by atoms with Gasteiger partial charge in [0.25, 0.3) is 0 Å². The lowest BCUT2D eigenvalue weighted by molar-refractivity contribution is 0.0476. The fourth-order valence-corrected chi connectivity index (χ4v) is 2.25. The van der Waals surface area contributed by atoms with Gasteiger partial charge in [0.05, 0.1) is 17.3 Å². The van der Waals surface area contributed by atoms with E-state index >= 15 is 0 Å². The van der Waals surface area contributed by atoms with Gasteiger partial charge in [-0.05, 0) is 36.8 Å². The number of ketones is 1. The Hall–Kier alpha value is -3.02. The number of carbonyl (C=O) groups excluding carboxylic acids is 2. The summed E-state index contributed by atoms with van der Waals surface area (Å²) in [5.74, 6) is -1.39. The van der Waals surface area contributed by atoms with E-state index in [9.17, 15) is 14.0 Å². The maximum atomic E-state index is 13.2. The van der Waals surface area contributed by atoms with Crippen molar-refractivity contribution in [3.63, 3.8) is 0 Å². The molecular weight excluding hydrogens is 299 g/mol. The molecule has 6 heteroatoms. The average Bonchev–Trinajstić information content (AvgIpc) is 3.03. The molecule has 2 aromatic carbocycles. The van der Waals surface area contributed by atoms with Gasteiger partial charge < -0.3 is 4.74 Å². The molecule has 5 nitrogen and oxygen atoms in total. The number of aryl methyl sites for hydroxylation is 1. The Morgan fingerprint density at radius 1 is 1.26 bits per heavy atom. The first-order valence-corrected chi connectivity index (χ1v) is 6.95. The van der Waals surface area contributed by atoms with E-state index in [0.717, 1.165) is 5.39 Å². The van der Waals surface area contributed by atoms with Crippen molar-refractivity contribution in [3.8, 4) is 0 Å². The smallest absolute Gasteiger partial charge is 0.340 e. The number of hydrogen-bond acceptors (Lipinski definition) is 4. The maximum absolute atomic E-state index is 13.2. The van der Waals surface area contributed by atoms with E-state index in [4.69, 9.17) is 4.74 Å². The molecule has 23 heavy (non-hydrogen) atoms. The molecule has 0 aliphatic rings. The molecule has 0 saturated carbocycles. The topological polar surface area (TPSA) is 72.1 Å². The van der Waals surface area contributed by atoms with Crippen LogP contribution in [0.3, 0.4) is 0 Å². The minimum Gasteiger partial charge on any atom is -0.454 e. The molecule has 3 aromatic rings. The van der Waals surface area contributed by atoms with Gasteiger partial charge in [0.1, 0.15) is 5.82 Å². The van der Waals surface area contributed by atoms with Crippen molar-refractivity contribution in [2.24, 2.45) is 0 Å². The highest BCUT2D eigenvalue weighted by Crippen LogP contribution is 2.17. The highest BCUT2D eigenvalue weighted by atomic mass is 19.1. The number of nitrogens with zero attached hydrogens (tertiary/aromatic N) is 1. The number of fused-ring (bicyclic) bond motifs is 1. The summed E-state index contributed by atoms with van der Waals surface area (Å²) in [6.45, 7) is 1.16. The van der Waals surface area contributed by atoms with Gasteiger partial charge in [0.2, 0.25) is 0 Å². The number of esters is 1. The molecule has 0 fully saturated rings. The molecule has 1 aromatic heterocycles. The molecule has 3 rings (SSSR count). The van der Waals surface area contributed by atoms with Crippen LogP contribution in [0.1, 0.15) is 26.3 Å². The van der Waals surface area contributed by atoms with E-state index in [-0.39, 0.29) is 5.82 Å². The monoisotopic (exact) mass is 312 g/mol. The summed E-state index contributed by atoms with van der Waals surface area (Å²) in [7, 11) is 0. The van der Waals surface area contributed by atoms with Crippen LogP contribution in [0.4, 0.5) is 4.39 Å². The number of para-hydroxylation sites is 1. The molecule has 0 spiro atoms. The van der Waals surface area contributed by atoms with E-state index in [0.29, 0.717) is 22.2 Å². The predicted molar refractivity (Wildman–Crippen MR) is 81.8 cm³/mol. The molecule has 1 heterocycles. The summed E-state index contributed by atoms with van der Waals surface area (Å²) < 4.78 is 18.3. The fraction of sp³-hybridized carbons (Fsp3) is 0.118. The van der Waals surface area contributed by atoms with Gasteiger partial charge >= 0.3 is 5.97 Å². The predicted octanol–water partition coefficient (Wildman–Crippen LogP) is 3.05. The highest BCUT2D eigenvalue weighted by molar-refractivity contribution is 6.04. The van der Waals surface area contributed by atoms with Crippen LogP contribution in [0.15, 0.2) is 42.6 Å². The second-order valence-corrected chi connectivity index (χ2v) is 5.10. The first kappa shape index (κ1) is 14.9. The number of rotatable bonds is 4. The SMILES string of the molecule is Cc1cc(C(=O)COC(=O)c2cccc3cn[nH]c23)ccc1F. The number of benzene rings is 2. The summed E-state index contributed by atoms with van der Waals surface area (Å²) in [5, 5.41) is 7.37. The quantitative estimate of drug-likeness (QED) is 0.593. The first-order valence-electron chi connectivity index (χ1n) is 6.95. The molecule has 0 atom stereocenters. The van der Waals surface area contributed by atoms with Gasteiger partial charge in [-0.25, -0.2) is 9.18 Å². The number of H-pyrrole nitrogens is 1. The fourth-order valence-electron chi connectivity index (χ4n) is 2.25. The second kappa shape index (κ2) is 6.00. The number of aromatic nitrogens is 2. The van der Waals surface area contributed by atoms with Crippen molar-refractivity contribution in [3.05, 3.63) is 65.1 Å². The maximum Gasteiger partial charge on any atom is 0.340 e. The number of hydrogen-bond donors (Lipinski definition) is 1. The Balaban J connectivity index is 1.72. The third-order valence-electron chi connectivity index (χ3n) is 3.51. The van der Waals surface area contributed by atoms with Crippen molar-refractivity contribution in [2.75, 3.05) is 6.61 Å². The molecule has 0 saturated heterocycles. The Kier molecular flexibility index (Phi) is 3.89. The van der Waals surface area contributed by atoms with Crippen LogP contribution in [-0.4, -0.2) is 28.6 Å². The Bertz CT molecular complexity index is 902. The van der Waals surface area contributed by atoms with Gasteiger partial charge in [-0.3, -0.25) is 9.89 Å². The van der Waals surface area contributed by atoms with E-state index in [1.54, 1.807) is 25.3 Å². The van der Waals surface area contributed by atoms with Crippen LogP contribution < -0.4 is 0 Å². The molecule has 0 aliphatic carbocycles. The summed E-state index contributed by atoms with van der Waals surface area (Å²) in [6, 6.07) is 9.13. The summed E-state index contributed by atoms with van der Waals surface area (Å²) in [6.07, 6.45) is 1.60. The molecule has 116 valence electrons. The average molecular weight is 312 g/mol. The molecular formula is C17H13FN2O3. The third-order valence-corrected chi connectivity index (χ3v) is 3.51. The zero-order valence-corrected chi connectivity index (χ0v) is 12.3. The number of carbonyl (C=O) groups is 2. The first-order chi connectivity index (χ1) is 11.1. The van der Waals surface area contributed by atoms with E-state index in [1.807, 2.05) is 6.07 Å². The lowest BCUT2D eigenvalue weighted by atomic mass is 10.1. The summed E-state index contributed by atoms with van der Waals surface area (Å²) in [4.78, 5) is 24.2. The van der Waals surface area contributed by atoms with Gasteiger partial charge in [0.15, 0.2) is 12.4 Å². The van der Waals surface area contributed by atoms with Crippen LogP contribution >= 0.6 is 0 Å². The van der Waals surface area contributed by atoms with Gasteiger partial charge in [0, 0.05) is 10.9 Å². The minimum atomic E-state index is -0.618. The van der Waals surface area contributed by atoms with Gasteiger partial charge in [-0.15, -0.1) is 0 Å². The van der Waals surface area contributed by atoms with Crippen molar-refractivity contribution in [1.82, 2.24) is 10.2 Å². The molecule has 0 bridgehead atoms. The summed E-state index contributed by atoms with van der Waals surface area (Å²) in [5.41, 5.74) is 1.53. The van der Waals surface area contributed by atoms with E-state index in [1.165, 1.54) is 18.2 Å². The zero-order valence-electron chi connectivity index (χ0n) is 12.3. The van der Waals surface area contributed by atoms with Crippen LogP contribution in [0.5, 0.6) is 0 Å². The molecule has 1 N–H and O–H groups in total. The normalized spacial score (nSPS) is 10.7. The number of Topliss-reactive ketones (excluding diaryl/α,β-unsaturated/α-hetero) is 1. The zero-order chi connectivity index (χ0) is 16.4. The van der Waals surface area contributed by atoms with Crippen molar-refractivity contribution in [2.45, 2.75) is 6.92 Å². The number of aromatic amines is 1. The van der Waals surface area contributed by atoms with Crippen molar-refractivity contribution in [1.29, 1.82) is 0 Å². The number of halogens is 1. The molecule has 0 unspecified atom stereocenters. The van der Waals surface area contributed by atoms with Crippen LogP contribution in [0, 0.1) is 12.7 Å². The molecule has 0 aliphatic heterocycles. The van der Waals surface area contributed by atoms with Crippen LogP contribution in [0.2, 0.25) is 0 Å². The second-order valence-electron chi connectivity index (χ2n) is 5.10. The highest BCUT2D eigenvalue weighted by Gasteiger charge is 2.15. The number of ether oxygens (including phenoxy) is 1. The lowest BCUT2D eigenvalue weighted by Gasteiger charge is -2.06. The Morgan fingerprint density at radius 2 is 2.09 bits per heavy atom. The standard InChI is InChI=1S/C17H13FN2O3/c1-10-7-11(5-6-14(10)18)15(21)9-23-17(22)13-4-2-3-12-8-19-20-16(12)13/h2-8H,9H2,1H3,(H,19,20). The van der Waals surface area contributed by atoms with Crippen LogP contribution in [0.25, 0.3) is 10.9 Å². The minimum absolute atomic E-state index is 0.302. The Labute approximate surface area is 131 Å². The molecule has 0 radical (unpaired) electrons. The third kappa shape index (κ3) is 2.96. The Morgan fingerprint density at radius 3 is 2.87 bits per heavy atom. The summed E-state index contributed by atoms with van der Waals surface area (Å²) >= 11 is 0. The van der Waals surface area contributed by atoms with Gasteiger partial charge in [-0.2, -0.15) is 5.10 Å². The van der Waals surface area contributed by atoms with Crippen LogP contribution in [-0.2, 0) is 4.74 Å². The van der Waals surface area contributed by atoms with E-state index < -0.39 is 18.4 Å². The largest absolute Gasteiger partial charge is 0.454 e.